The molecule has 0 saturated carbocycles. The largest absolute Gasteiger partial charge is 0.488 e. The molecule has 0 aromatic heterocycles. The lowest BCUT2D eigenvalue weighted by Crippen LogP contribution is -2.04. The molecule has 2 rings (SSSR count). The van der Waals surface area contributed by atoms with Crippen LogP contribution in [-0.4, -0.2) is 0 Å². The third-order valence-corrected chi connectivity index (χ3v) is 2.35. The maximum atomic E-state index is 12.3. The summed E-state index contributed by atoms with van der Waals surface area (Å²) in [6.07, 6.45) is -4.34. The van der Waals surface area contributed by atoms with E-state index in [1.807, 2.05) is 30.3 Å². The number of benzene rings is 2. The van der Waals surface area contributed by atoms with Crippen molar-refractivity contribution in [1.29, 1.82) is 0 Å². The Labute approximate surface area is 103 Å². The number of hydrogen-bond donors (Lipinski definition) is 0. The van der Waals surface area contributed by atoms with E-state index in [0.29, 0.717) is 12.4 Å². The number of rotatable bonds is 3. The van der Waals surface area contributed by atoms with Gasteiger partial charge in [0, 0.05) is 6.07 Å². The molecule has 0 fully saturated rings. The number of ether oxygens (including phenoxy) is 1. The summed E-state index contributed by atoms with van der Waals surface area (Å²) in [5.74, 6) is 0.298. The maximum Gasteiger partial charge on any atom is 0.416 e. The van der Waals surface area contributed by atoms with Crippen molar-refractivity contribution in [2.75, 3.05) is 0 Å². The van der Waals surface area contributed by atoms with Crippen LogP contribution in [0.25, 0.3) is 0 Å². The van der Waals surface area contributed by atoms with E-state index >= 15 is 0 Å². The molecule has 0 spiro atoms. The highest BCUT2D eigenvalue weighted by molar-refractivity contribution is 5.28. The average molecular weight is 251 g/mol. The fourth-order valence-corrected chi connectivity index (χ4v) is 1.41. The van der Waals surface area contributed by atoms with Crippen molar-refractivity contribution in [2.45, 2.75) is 12.8 Å². The van der Waals surface area contributed by atoms with Crippen molar-refractivity contribution in [3.63, 3.8) is 0 Å². The highest BCUT2D eigenvalue weighted by Gasteiger charge is 2.30. The molecule has 93 valence electrons. The fraction of sp³-hybridized carbons (Fsp3) is 0.143. The third-order valence-electron chi connectivity index (χ3n) is 2.35. The van der Waals surface area contributed by atoms with Gasteiger partial charge in [0.1, 0.15) is 12.4 Å². The Morgan fingerprint density at radius 3 is 2.28 bits per heavy atom. The molecular formula is C14H10F3O. The average Bonchev–Trinajstić information content (AvgIpc) is 2.37. The predicted molar refractivity (Wildman–Crippen MR) is 61.1 cm³/mol. The van der Waals surface area contributed by atoms with Crippen LogP contribution in [0.3, 0.4) is 0 Å². The van der Waals surface area contributed by atoms with Gasteiger partial charge < -0.3 is 4.74 Å². The Morgan fingerprint density at radius 2 is 1.72 bits per heavy atom. The van der Waals surface area contributed by atoms with E-state index in [1.54, 1.807) is 0 Å². The van der Waals surface area contributed by atoms with Gasteiger partial charge in [-0.05, 0) is 23.8 Å². The summed E-state index contributed by atoms with van der Waals surface area (Å²) in [5, 5.41) is 0. The first kappa shape index (κ1) is 12.5. The lowest BCUT2D eigenvalue weighted by molar-refractivity contribution is -0.137. The highest BCUT2D eigenvalue weighted by atomic mass is 19.4. The van der Waals surface area contributed by atoms with Crippen LogP contribution in [0.5, 0.6) is 5.75 Å². The molecule has 0 heterocycles. The van der Waals surface area contributed by atoms with Gasteiger partial charge in [-0.2, -0.15) is 13.2 Å². The molecule has 0 bridgehead atoms. The molecule has 0 N–H and O–H groups in total. The zero-order chi connectivity index (χ0) is 13.0. The molecule has 0 aliphatic carbocycles. The summed E-state index contributed by atoms with van der Waals surface area (Å²) in [7, 11) is 0. The molecule has 0 atom stereocenters. The summed E-state index contributed by atoms with van der Waals surface area (Å²) in [4.78, 5) is 0. The van der Waals surface area contributed by atoms with E-state index in [-0.39, 0.29) is 0 Å². The van der Waals surface area contributed by atoms with Crippen LogP contribution in [0.15, 0.2) is 48.5 Å². The van der Waals surface area contributed by atoms with Crippen LogP contribution < -0.4 is 4.74 Å². The maximum absolute atomic E-state index is 12.3. The number of alkyl halides is 3. The topological polar surface area (TPSA) is 9.23 Å². The van der Waals surface area contributed by atoms with Crippen LogP contribution in [0.2, 0.25) is 0 Å². The summed E-state index contributed by atoms with van der Waals surface area (Å²) in [6, 6.07) is 15.0. The first-order valence-corrected chi connectivity index (χ1v) is 5.31. The Bertz CT molecular complexity index is 489. The first-order valence-electron chi connectivity index (χ1n) is 5.31. The van der Waals surface area contributed by atoms with Gasteiger partial charge in [-0.15, -0.1) is 0 Å². The van der Waals surface area contributed by atoms with Crippen LogP contribution in [0, 0.1) is 6.07 Å². The van der Waals surface area contributed by atoms with E-state index in [4.69, 9.17) is 4.74 Å². The van der Waals surface area contributed by atoms with E-state index in [1.165, 1.54) is 6.07 Å². The molecule has 0 amide bonds. The second kappa shape index (κ2) is 5.12. The zero-order valence-electron chi connectivity index (χ0n) is 9.37. The summed E-state index contributed by atoms with van der Waals surface area (Å²) in [6.45, 7) is 0.308. The van der Waals surface area contributed by atoms with Crippen molar-refractivity contribution < 1.29 is 17.9 Å². The Hall–Kier alpha value is -1.97. The Kier molecular flexibility index (Phi) is 3.55. The van der Waals surface area contributed by atoms with E-state index in [0.717, 1.165) is 17.7 Å². The summed E-state index contributed by atoms with van der Waals surface area (Å²) >= 11 is 0. The minimum atomic E-state index is -4.34. The Morgan fingerprint density at radius 1 is 1.00 bits per heavy atom. The van der Waals surface area contributed by atoms with Gasteiger partial charge in [0.05, 0.1) is 5.56 Å². The van der Waals surface area contributed by atoms with Crippen LogP contribution in [0.1, 0.15) is 11.1 Å². The molecule has 1 nitrogen and oxygen atoms in total. The molecule has 4 heteroatoms. The SMILES string of the molecule is FC(F)(F)c1c[c]c(OCc2ccccc2)cc1. The minimum Gasteiger partial charge on any atom is -0.488 e. The predicted octanol–water partition coefficient (Wildman–Crippen LogP) is 4.08. The minimum absolute atomic E-state index is 0.298. The molecule has 0 aliphatic heterocycles. The molecule has 2 aromatic carbocycles. The van der Waals surface area contributed by atoms with Crippen molar-refractivity contribution in [2.24, 2.45) is 0 Å². The normalized spacial score (nSPS) is 11.3. The molecule has 2 aromatic rings. The smallest absolute Gasteiger partial charge is 0.416 e. The second-order valence-corrected chi connectivity index (χ2v) is 3.71. The van der Waals surface area contributed by atoms with Gasteiger partial charge >= 0.3 is 6.18 Å². The van der Waals surface area contributed by atoms with Gasteiger partial charge in [0.15, 0.2) is 0 Å². The van der Waals surface area contributed by atoms with Crippen molar-refractivity contribution in [1.82, 2.24) is 0 Å². The lowest BCUT2D eigenvalue weighted by Gasteiger charge is -2.08. The van der Waals surface area contributed by atoms with Crippen molar-refractivity contribution >= 4 is 0 Å². The standard InChI is InChI=1S/C14H10F3O/c15-14(16,17)12-6-8-13(9-7-12)18-10-11-4-2-1-3-5-11/h1-8H,10H2. The van der Waals surface area contributed by atoms with Crippen LogP contribution in [0.4, 0.5) is 13.2 Å². The molecule has 0 saturated heterocycles. The van der Waals surface area contributed by atoms with Gasteiger partial charge in [-0.3, -0.25) is 0 Å². The van der Waals surface area contributed by atoms with Crippen molar-refractivity contribution in [3.05, 3.63) is 65.7 Å². The molecule has 18 heavy (non-hydrogen) atoms. The third kappa shape index (κ3) is 3.26. The highest BCUT2D eigenvalue weighted by Crippen LogP contribution is 2.30. The van der Waals surface area contributed by atoms with Gasteiger partial charge in [0.25, 0.3) is 0 Å². The van der Waals surface area contributed by atoms with E-state index in [9.17, 15) is 13.2 Å². The molecule has 0 unspecified atom stereocenters. The summed E-state index contributed by atoms with van der Waals surface area (Å²) in [5.41, 5.74) is 0.223. The lowest BCUT2D eigenvalue weighted by atomic mass is 10.2. The van der Waals surface area contributed by atoms with Crippen LogP contribution >= 0.6 is 0 Å². The summed E-state index contributed by atoms with van der Waals surface area (Å²) < 4.78 is 42.3. The quantitative estimate of drug-likeness (QED) is 0.798. The second-order valence-electron chi connectivity index (χ2n) is 3.71. The fourth-order valence-electron chi connectivity index (χ4n) is 1.41. The number of halogens is 3. The van der Waals surface area contributed by atoms with E-state index < -0.39 is 11.7 Å². The first-order chi connectivity index (χ1) is 8.55. The van der Waals surface area contributed by atoms with Crippen molar-refractivity contribution in [3.8, 4) is 5.75 Å². The molecule has 1 radical (unpaired) electrons. The van der Waals surface area contributed by atoms with Gasteiger partial charge in [-0.1, -0.05) is 30.3 Å². The Balaban J connectivity index is 1.99. The molecular weight excluding hydrogens is 241 g/mol. The van der Waals surface area contributed by atoms with Gasteiger partial charge in [0.2, 0.25) is 0 Å². The molecule has 0 aliphatic rings. The monoisotopic (exact) mass is 251 g/mol. The van der Waals surface area contributed by atoms with Gasteiger partial charge in [-0.25, -0.2) is 0 Å². The number of hydrogen-bond acceptors (Lipinski definition) is 1. The van der Waals surface area contributed by atoms with E-state index in [2.05, 4.69) is 6.07 Å². The zero-order valence-corrected chi connectivity index (χ0v) is 9.37. The van der Waals surface area contributed by atoms with Crippen LogP contribution in [-0.2, 0) is 12.8 Å².